The lowest BCUT2D eigenvalue weighted by Gasteiger charge is -2.24. The van der Waals surface area contributed by atoms with Crippen molar-refractivity contribution in [3.63, 3.8) is 0 Å². The van der Waals surface area contributed by atoms with Crippen molar-refractivity contribution in [3.05, 3.63) is 35.4 Å². The van der Waals surface area contributed by atoms with E-state index in [0.717, 1.165) is 37.3 Å². The minimum Gasteiger partial charge on any atom is -0.308 e. The molecule has 106 valence electrons. The van der Waals surface area contributed by atoms with Gasteiger partial charge in [0, 0.05) is 13.1 Å². The van der Waals surface area contributed by atoms with Crippen LogP contribution in [0.2, 0.25) is 0 Å². The number of nitrogens with one attached hydrogen (secondary N) is 1. The lowest BCUT2D eigenvalue weighted by molar-refractivity contribution is 0.394. The number of aryl methyl sites for hydroxylation is 1. The summed E-state index contributed by atoms with van der Waals surface area (Å²) in [5.74, 6) is 1.33. The Morgan fingerprint density at radius 1 is 1.40 bits per heavy atom. The van der Waals surface area contributed by atoms with Gasteiger partial charge in [-0.1, -0.05) is 25.0 Å². The standard InChI is InChI=1S/C15H19FN4/c1-3-4-13-15-19-18-14(20(15)8-7-17-13)11-9-10(2)5-6-12(11)16/h5-6,9,13,17H,3-4,7-8H2,1-2H3. The van der Waals surface area contributed by atoms with Crippen molar-refractivity contribution in [2.24, 2.45) is 0 Å². The molecule has 1 atom stereocenters. The van der Waals surface area contributed by atoms with Gasteiger partial charge in [0.1, 0.15) is 5.82 Å². The third-order valence-corrected chi connectivity index (χ3v) is 3.76. The van der Waals surface area contributed by atoms with Crippen molar-refractivity contribution in [3.8, 4) is 11.4 Å². The zero-order chi connectivity index (χ0) is 14.1. The van der Waals surface area contributed by atoms with E-state index >= 15 is 0 Å². The van der Waals surface area contributed by atoms with E-state index in [0.29, 0.717) is 11.4 Å². The molecule has 2 heterocycles. The van der Waals surface area contributed by atoms with Gasteiger partial charge >= 0.3 is 0 Å². The van der Waals surface area contributed by atoms with E-state index in [2.05, 4.69) is 27.0 Å². The number of fused-ring (bicyclic) bond motifs is 1. The van der Waals surface area contributed by atoms with Crippen LogP contribution in [-0.2, 0) is 6.54 Å². The van der Waals surface area contributed by atoms with Crippen LogP contribution in [-0.4, -0.2) is 21.3 Å². The van der Waals surface area contributed by atoms with Crippen LogP contribution in [0.3, 0.4) is 0 Å². The Morgan fingerprint density at radius 3 is 3.05 bits per heavy atom. The first-order valence-electron chi connectivity index (χ1n) is 7.13. The Hall–Kier alpha value is -1.75. The monoisotopic (exact) mass is 274 g/mol. The predicted molar refractivity (Wildman–Crippen MR) is 75.8 cm³/mol. The molecule has 0 saturated carbocycles. The zero-order valence-corrected chi connectivity index (χ0v) is 11.9. The van der Waals surface area contributed by atoms with E-state index in [1.807, 2.05) is 13.0 Å². The number of halogens is 1. The van der Waals surface area contributed by atoms with E-state index < -0.39 is 0 Å². The van der Waals surface area contributed by atoms with Crippen molar-refractivity contribution in [1.29, 1.82) is 0 Å². The second kappa shape index (κ2) is 5.32. The molecule has 5 heteroatoms. The van der Waals surface area contributed by atoms with Gasteiger partial charge in [0.25, 0.3) is 0 Å². The van der Waals surface area contributed by atoms with Crippen molar-refractivity contribution in [1.82, 2.24) is 20.1 Å². The molecule has 0 spiro atoms. The average Bonchev–Trinajstić information content (AvgIpc) is 2.87. The molecule has 3 rings (SSSR count). The Balaban J connectivity index is 2.06. The minimum absolute atomic E-state index is 0.225. The largest absolute Gasteiger partial charge is 0.308 e. The first kappa shape index (κ1) is 13.2. The molecule has 0 saturated heterocycles. The summed E-state index contributed by atoms with van der Waals surface area (Å²) in [4.78, 5) is 0. The molecular formula is C15H19FN4. The molecule has 0 fully saturated rings. The van der Waals surface area contributed by atoms with Gasteiger partial charge in [-0.05, 0) is 25.5 Å². The molecule has 1 aliphatic rings. The van der Waals surface area contributed by atoms with Gasteiger partial charge in [-0.2, -0.15) is 0 Å². The third-order valence-electron chi connectivity index (χ3n) is 3.76. The van der Waals surface area contributed by atoms with Crippen LogP contribution in [0.4, 0.5) is 4.39 Å². The second-order valence-electron chi connectivity index (χ2n) is 5.31. The molecule has 20 heavy (non-hydrogen) atoms. The number of hydrogen-bond acceptors (Lipinski definition) is 3. The summed E-state index contributed by atoms with van der Waals surface area (Å²) in [6.45, 7) is 5.76. The highest BCUT2D eigenvalue weighted by molar-refractivity contribution is 5.57. The van der Waals surface area contributed by atoms with E-state index in [1.54, 1.807) is 6.07 Å². The Bertz CT molecular complexity index is 620. The summed E-state index contributed by atoms with van der Waals surface area (Å²) >= 11 is 0. The highest BCUT2D eigenvalue weighted by Crippen LogP contribution is 2.28. The van der Waals surface area contributed by atoms with Gasteiger partial charge in [0.05, 0.1) is 11.6 Å². The SMILES string of the molecule is CCCC1NCCn2c(-c3cc(C)ccc3F)nnc21. The molecule has 0 radical (unpaired) electrons. The van der Waals surface area contributed by atoms with Crippen LogP contribution in [0.1, 0.15) is 37.2 Å². The Morgan fingerprint density at radius 2 is 2.25 bits per heavy atom. The normalized spacial score (nSPS) is 18.1. The predicted octanol–water partition coefficient (Wildman–Crippen LogP) is 2.84. The second-order valence-corrected chi connectivity index (χ2v) is 5.31. The summed E-state index contributed by atoms with van der Waals surface area (Å²) in [5.41, 5.74) is 1.57. The van der Waals surface area contributed by atoms with Gasteiger partial charge in [0.15, 0.2) is 11.6 Å². The van der Waals surface area contributed by atoms with Gasteiger partial charge in [-0.15, -0.1) is 10.2 Å². The van der Waals surface area contributed by atoms with Crippen LogP contribution in [0.15, 0.2) is 18.2 Å². The number of benzene rings is 1. The molecule has 1 aliphatic heterocycles. The van der Waals surface area contributed by atoms with E-state index in [-0.39, 0.29) is 11.9 Å². The van der Waals surface area contributed by atoms with Crippen LogP contribution in [0.25, 0.3) is 11.4 Å². The Labute approximate surface area is 118 Å². The third kappa shape index (κ3) is 2.22. The quantitative estimate of drug-likeness (QED) is 0.936. The maximum atomic E-state index is 14.1. The van der Waals surface area contributed by atoms with Crippen molar-refractivity contribution >= 4 is 0 Å². The first-order valence-corrected chi connectivity index (χ1v) is 7.13. The van der Waals surface area contributed by atoms with Gasteiger partial charge < -0.3 is 9.88 Å². The van der Waals surface area contributed by atoms with Crippen molar-refractivity contribution in [2.75, 3.05) is 6.54 Å². The van der Waals surface area contributed by atoms with Crippen LogP contribution in [0, 0.1) is 12.7 Å². The maximum Gasteiger partial charge on any atom is 0.167 e. The Kier molecular flexibility index (Phi) is 3.53. The number of nitrogens with zero attached hydrogens (tertiary/aromatic N) is 3. The maximum absolute atomic E-state index is 14.1. The fourth-order valence-electron chi connectivity index (χ4n) is 2.76. The minimum atomic E-state index is -0.239. The number of hydrogen-bond donors (Lipinski definition) is 1. The van der Waals surface area contributed by atoms with Crippen LogP contribution >= 0.6 is 0 Å². The lowest BCUT2D eigenvalue weighted by atomic mass is 10.1. The zero-order valence-electron chi connectivity index (χ0n) is 11.9. The lowest BCUT2D eigenvalue weighted by Crippen LogP contribution is -2.33. The molecule has 2 aromatic rings. The van der Waals surface area contributed by atoms with Crippen LogP contribution < -0.4 is 5.32 Å². The molecule has 0 amide bonds. The summed E-state index contributed by atoms with van der Waals surface area (Å²) in [6.07, 6.45) is 2.10. The van der Waals surface area contributed by atoms with E-state index in [4.69, 9.17) is 0 Å². The molecule has 0 bridgehead atoms. The fraction of sp³-hybridized carbons (Fsp3) is 0.467. The number of rotatable bonds is 3. The highest BCUT2D eigenvalue weighted by Gasteiger charge is 2.25. The van der Waals surface area contributed by atoms with Gasteiger partial charge in [-0.25, -0.2) is 4.39 Å². The van der Waals surface area contributed by atoms with Crippen molar-refractivity contribution < 1.29 is 4.39 Å². The molecule has 1 aromatic carbocycles. The van der Waals surface area contributed by atoms with Crippen LogP contribution in [0.5, 0.6) is 0 Å². The summed E-state index contributed by atoms with van der Waals surface area (Å²) in [6, 6.07) is 5.33. The highest BCUT2D eigenvalue weighted by atomic mass is 19.1. The average molecular weight is 274 g/mol. The van der Waals surface area contributed by atoms with Gasteiger partial charge in [0.2, 0.25) is 0 Å². The topological polar surface area (TPSA) is 42.7 Å². The molecule has 4 nitrogen and oxygen atoms in total. The number of aromatic nitrogens is 3. The molecule has 0 aliphatic carbocycles. The summed E-state index contributed by atoms with van der Waals surface area (Å²) in [5, 5.41) is 12.0. The molecular weight excluding hydrogens is 255 g/mol. The molecule has 1 unspecified atom stereocenters. The van der Waals surface area contributed by atoms with E-state index in [1.165, 1.54) is 6.07 Å². The molecule has 1 aromatic heterocycles. The smallest absolute Gasteiger partial charge is 0.167 e. The molecule has 1 N–H and O–H groups in total. The summed E-state index contributed by atoms with van der Waals surface area (Å²) < 4.78 is 16.1. The fourth-order valence-corrected chi connectivity index (χ4v) is 2.76. The van der Waals surface area contributed by atoms with Crippen molar-refractivity contribution in [2.45, 2.75) is 39.3 Å². The van der Waals surface area contributed by atoms with E-state index in [9.17, 15) is 4.39 Å². The first-order chi connectivity index (χ1) is 9.70. The van der Waals surface area contributed by atoms with Gasteiger partial charge in [-0.3, -0.25) is 0 Å². The summed E-state index contributed by atoms with van der Waals surface area (Å²) in [7, 11) is 0.